The van der Waals surface area contributed by atoms with Crippen LogP contribution in [0, 0.1) is 17.0 Å². The van der Waals surface area contributed by atoms with Gasteiger partial charge in [-0.05, 0) is 31.9 Å². The molecule has 1 aliphatic rings. The maximum Gasteiger partial charge on any atom is 0.272 e. The van der Waals surface area contributed by atoms with Crippen LogP contribution in [0.25, 0.3) is 0 Å². The van der Waals surface area contributed by atoms with E-state index in [1.54, 1.807) is 25.9 Å². The fourth-order valence-electron chi connectivity index (χ4n) is 2.72. The zero-order chi connectivity index (χ0) is 16.4. The second-order valence-corrected chi connectivity index (χ2v) is 5.65. The van der Waals surface area contributed by atoms with Crippen LogP contribution in [0.2, 0.25) is 0 Å². The summed E-state index contributed by atoms with van der Waals surface area (Å²) in [7, 11) is 3.33. The molecule has 7 nitrogen and oxygen atoms in total. The van der Waals surface area contributed by atoms with Gasteiger partial charge in [-0.15, -0.1) is 0 Å². The molecule has 7 heteroatoms. The molecule has 2 amide bonds. The van der Waals surface area contributed by atoms with Gasteiger partial charge in [0.15, 0.2) is 0 Å². The van der Waals surface area contributed by atoms with Gasteiger partial charge in [0.1, 0.15) is 6.04 Å². The molecule has 22 heavy (non-hydrogen) atoms. The Labute approximate surface area is 128 Å². The highest BCUT2D eigenvalue weighted by molar-refractivity contribution is 5.98. The smallest absolute Gasteiger partial charge is 0.272 e. The van der Waals surface area contributed by atoms with Crippen LogP contribution < -0.4 is 0 Å². The number of nitro groups is 1. The number of likely N-dealkylation sites (N-methyl/N-ethyl adjacent to an activating group) is 1. The average molecular weight is 305 g/mol. The number of carbonyl (C=O) groups is 2. The second kappa shape index (κ2) is 6.13. The Kier molecular flexibility index (Phi) is 4.44. The van der Waals surface area contributed by atoms with Crippen LogP contribution in [0.1, 0.15) is 28.8 Å². The van der Waals surface area contributed by atoms with E-state index in [-0.39, 0.29) is 17.5 Å². The van der Waals surface area contributed by atoms with E-state index in [2.05, 4.69) is 0 Å². The molecular weight excluding hydrogens is 286 g/mol. The SMILES string of the molecule is Cc1cc(C(=O)N2CCCC2C(=O)N(C)C)ccc1[N+](=O)[O-]. The molecule has 1 unspecified atom stereocenters. The zero-order valence-electron chi connectivity index (χ0n) is 12.9. The molecule has 118 valence electrons. The summed E-state index contributed by atoms with van der Waals surface area (Å²) in [5.74, 6) is -0.347. The van der Waals surface area contributed by atoms with Crippen LogP contribution in [0.5, 0.6) is 0 Å². The average Bonchev–Trinajstić information content (AvgIpc) is 2.94. The van der Waals surface area contributed by atoms with Gasteiger partial charge >= 0.3 is 0 Å². The molecule has 0 spiro atoms. The summed E-state index contributed by atoms with van der Waals surface area (Å²) in [6.45, 7) is 2.13. The highest BCUT2D eigenvalue weighted by atomic mass is 16.6. The first-order valence-corrected chi connectivity index (χ1v) is 7.10. The Morgan fingerprint density at radius 1 is 1.36 bits per heavy atom. The predicted molar refractivity (Wildman–Crippen MR) is 80.6 cm³/mol. The molecule has 0 bridgehead atoms. The quantitative estimate of drug-likeness (QED) is 0.627. The van der Waals surface area contributed by atoms with Gasteiger partial charge < -0.3 is 9.80 Å². The number of likely N-dealkylation sites (tertiary alicyclic amines) is 1. The third kappa shape index (κ3) is 2.93. The summed E-state index contributed by atoms with van der Waals surface area (Å²) in [4.78, 5) is 38.2. The third-order valence-electron chi connectivity index (χ3n) is 3.88. The van der Waals surface area contributed by atoms with E-state index in [0.717, 1.165) is 6.42 Å². The van der Waals surface area contributed by atoms with Crippen molar-refractivity contribution < 1.29 is 14.5 Å². The van der Waals surface area contributed by atoms with Crippen molar-refractivity contribution in [2.45, 2.75) is 25.8 Å². The van der Waals surface area contributed by atoms with Crippen LogP contribution >= 0.6 is 0 Å². The van der Waals surface area contributed by atoms with Gasteiger partial charge in [0.25, 0.3) is 11.6 Å². The molecule has 1 heterocycles. The molecule has 1 aromatic rings. The number of hydrogen-bond acceptors (Lipinski definition) is 4. The van der Waals surface area contributed by atoms with Crippen molar-refractivity contribution in [1.82, 2.24) is 9.80 Å². The van der Waals surface area contributed by atoms with Crippen molar-refractivity contribution in [2.75, 3.05) is 20.6 Å². The van der Waals surface area contributed by atoms with E-state index < -0.39 is 11.0 Å². The molecule has 1 aromatic carbocycles. The number of benzene rings is 1. The van der Waals surface area contributed by atoms with Crippen molar-refractivity contribution in [3.05, 3.63) is 39.4 Å². The Bertz CT molecular complexity index is 627. The van der Waals surface area contributed by atoms with Gasteiger partial charge in [-0.25, -0.2) is 0 Å². The van der Waals surface area contributed by atoms with Crippen molar-refractivity contribution in [3.8, 4) is 0 Å². The molecule has 1 aliphatic heterocycles. The molecule has 1 saturated heterocycles. The Hall–Kier alpha value is -2.44. The summed E-state index contributed by atoms with van der Waals surface area (Å²) >= 11 is 0. The van der Waals surface area contributed by atoms with Gasteiger partial charge in [0.05, 0.1) is 4.92 Å². The summed E-state index contributed by atoms with van der Waals surface area (Å²) in [6, 6.07) is 3.85. The monoisotopic (exact) mass is 305 g/mol. The van der Waals surface area contributed by atoms with Crippen LogP contribution in [0.4, 0.5) is 5.69 Å². The summed E-state index contributed by atoms with van der Waals surface area (Å²) in [6.07, 6.45) is 1.43. The molecule has 0 saturated carbocycles. The van der Waals surface area contributed by atoms with E-state index in [1.165, 1.54) is 23.1 Å². The number of amides is 2. The molecule has 0 aromatic heterocycles. The van der Waals surface area contributed by atoms with E-state index in [9.17, 15) is 19.7 Å². The Morgan fingerprint density at radius 3 is 2.59 bits per heavy atom. The van der Waals surface area contributed by atoms with Gasteiger partial charge in [0, 0.05) is 37.8 Å². The summed E-state index contributed by atoms with van der Waals surface area (Å²) in [5.41, 5.74) is 0.797. The lowest BCUT2D eigenvalue weighted by Crippen LogP contribution is -2.45. The number of rotatable bonds is 3. The number of hydrogen-bond donors (Lipinski definition) is 0. The molecule has 0 N–H and O–H groups in total. The molecule has 2 rings (SSSR count). The molecular formula is C15H19N3O4. The van der Waals surface area contributed by atoms with E-state index >= 15 is 0 Å². The highest BCUT2D eigenvalue weighted by Crippen LogP contribution is 2.24. The number of carbonyl (C=O) groups excluding carboxylic acids is 2. The lowest BCUT2D eigenvalue weighted by molar-refractivity contribution is -0.385. The van der Waals surface area contributed by atoms with Crippen LogP contribution in [-0.2, 0) is 4.79 Å². The first-order valence-electron chi connectivity index (χ1n) is 7.10. The first kappa shape index (κ1) is 15.9. The fraction of sp³-hybridized carbons (Fsp3) is 0.467. The molecule has 0 aliphatic carbocycles. The van der Waals surface area contributed by atoms with Crippen molar-refractivity contribution >= 4 is 17.5 Å². The van der Waals surface area contributed by atoms with Crippen molar-refractivity contribution in [1.29, 1.82) is 0 Å². The van der Waals surface area contributed by atoms with Gasteiger partial charge in [0.2, 0.25) is 5.91 Å². The number of nitrogens with zero attached hydrogens (tertiary/aromatic N) is 3. The second-order valence-electron chi connectivity index (χ2n) is 5.65. The van der Waals surface area contributed by atoms with Crippen LogP contribution in [0.15, 0.2) is 18.2 Å². The number of aryl methyl sites for hydroxylation is 1. The lowest BCUT2D eigenvalue weighted by atomic mass is 10.1. The van der Waals surface area contributed by atoms with E-state index in [1.807, 2.05) is 0 Å². The van der Waals surface area contributed by atoms with Gasteiger partial charge in [-0.1, -0.05) is 0 Å². The summed E-state index contributed by atoms with van der Waals surface area (Å²) < 4.78 is 0. The third-order valence-corrected chi connectivity index (χ3v) is 3.88. The minimum absolute atomic E-state index is 0.0149. The van der Waals surface area contributed by atoms with Gasteiger partial charge in [-0.2, -0.15) is 0 Å². The van der Waals surface area contributed by atoms with E-state index in [0.29, 0.717) is 24.1 Å². The molecule has 0 radical (unpaired) electrons. The fourth-order valence-corrected chi connectivity index (χ4v) is 2.72. The Morgan fingerprint density at radius 2 is 2.05 bits per heavy atom. The first-order chi connectivity index (χ1) is 10.3. The maximum atomic E-state index is 12.6. The highest BCUT2D eigenvalue weighted by Gasteiger charge is 2.35. The zero-order valence-corrected chi connectivity index (χ0v) is 12.9. The van der Waals surface area contributed by atoms with E-state index in [4.69, 9.17) is 0 Å². The minimum atomic E-state index is -0.474. The Balaban J connectivity index is 2.26. The minimum Gasteiger partial charge on any atom is -0.347 e. The maximum absolute atomic E-state index is 12.6. The molecule has 1 fully saturated rings. The molecule has 1 atom stereocenters. The van der Waals surface area contributed by atoms with Gasteiger partial charge in [-0.3, -0.25) is 19.7 Å². The number of nitro benzene ring substituents is 1. The topological polar surface area (TPSA) is 83.8 Å². The normalized spacial score (nSPS) is 17.4. The lowest BCUT2D eigenvalue weighted by Gasteiger charge is -2.26. The van der Waals surface area contributed by atoms with Crippen LogP contribution in [-0.4, -0.2) is 53.2 Å². The standard InChI is InChI=1S/C15H19N3O4/c1-10-9-11(6-7-12(10)18(21)22)14(19)17-8-4-5-13(17)15(20)16(2)3/h6-7,9,13H,4-5,8H2,1-3H3. The van der Waals surface area contributed by atoms with Crippen LogP contribution in [0.3, 0.4) is 0 Å². The van der Waals surface area contributed by atoms with Crippen molar-refractivity contribution in [3.63, 3.8) is 0 Å². The largest absolute Gasteiger partial charge is 0.347 e. The predicted octanol–water partition coefficient (Wildman–Crippen LogP) is 1.60. The summed E-state index contributed by atoms with van der Waals surface area (Å²) in [5, 5.41) is 10.8. The van der Waals surface area contributed by atoms with Crippen molar-refractivity contribution in [2.24, 2.45) is 0 Å².